The second kappa shape index (κ2) is 7.64. The molecule has 0 saturated carbocycles. The van der Waals surface area contributed by atoms with Gasteiger partial charge in [-0.1, -0.05) is 84.9 Å². The SMILES string of the molecule is Cc1ccccc1C(NS(=O)(=O)Cc1ccccc1)c1ccccc1. The summed E-state index contributed by atoms with van der Waals surface area (Å²) in [7, 11) is -3.50. The molecule has 1 N–H and O–H groups in total. The van der Waals surface area contributed by atoms with Crippen LogP contribution in [0.15, 0.2) is 84.9 Å². The molecule has 0 aliphatic carbocycles. The molecule has 4 heteroatoms. The molecule has 0 saturated heterocycles. The second-order valence-corrected chi connectivity index (χ2v) is 7.82. The molecule has 3 aromatic rings. The first-order valence-electron chi connectivity index (χ1n) is 8.19. The van der Waals surface area contributed by atoms with Crippen molar-refractivity contribution in [3.63, 3.8) is 0 Å². The van der Waals surface area contributed by atoms with Gasteiger partial charge in [0.2, 0.25) is 10.0 Å². The summed E-state index contributed by atoms with van der Waals surface area (Å²) in [6.45, 7) is 2.00. The minimum Gasteiger partial charge on any atom is -0.212 e. The molecule has 0 spiro atoms. The molecule has 0 heterocycles. The summed E-state index contributed by atoms with van der Waals surface area (Å²) in [4.78, 5) is 0. The lowest BCUT2D eigenvalue weighted by Crippen LogP contribution is -2.31. The average molecular weight is 351 g/mol. The van der Waals surface area contributed by atoms with Crippen LogP contribution in [0, 0.1) is 6.92 Å². The Labute approximate surface area is 149 Å². The van der Waals surface area contributed by atoms with E-state index in [1.54, 1.807) is 0 Å². The van der Waals surface area contributed by atoms with E-state index in [0.717, 1.165) is 22.3 Å². The van der Waals surface area contributed by atoms with Gasteiger partial charge in [0, 0.05) is 0 Å². The van der Waals surface area contributed by atoms with Crippen LogP contribution in [-0.4, -0.2) is 8.42 Å². The lowest BCUT2D eigenvalue weighted by Gasteiger charge is -2.21. The molecule has 0 aliphatic heterocycles. The predicted molar refractivity (Wildman–Crippen MR) is 102 cm³/mol. The standard InChI is InChI=1S/C21H21NO2S/c1-17-10-8-9-15-20(17)21(19-13-6-3-7-14-19)22-25(23,24)16-18-11-4-2-5-12-18/h2-15,21-22H,16H2,1H3. The monoisotopic (exact) mass is 351 g/mol. The van der Waals surface area contributed by atoms with E-state index in [9.17, 15) is 8.42 Å². The molecule has 25 heavy (non-hydrogen) atoms. The fraction of sp³-hybridized carbons (Fsp3) is 0.143. The van der Waals surface area contributed by atoms with Crippen molar-refractivity contribution in [3.05, 3.63) is 107 Å². The molecule has 128 valence electrons. The number of benzene rings is 3. The van der Waals surface area contributed by atoms with Gasteiger partial charge in [0.25, 0.3) is 0 Å². The summed E-state index contributed by atoms with van der Waals surface area (Å²) >= 11 is 0. The topological polar surface area (TPSA) is 46.2 Å². The summed E-state index contributed by atoms with van der Waals surface area (Å²) < 4.78 is 28.4. The molecule has 3 rings (SSSR count). The lowest BCUT2D eigenvalue weighted by molar-refractivity contribution is 0.571. The zero-order valence-corrected chi connectivity index (χ0v) is 14.9. The van der Waals surface area contributed by atoms with Gasteiger partial charge in [-0.25, -0.2) is 13.1 Å². The highest BCUT2D eigenvalue weighted by atomic mass is 32.2. The van der Waals surface area contributed by atoms with Crippen molar-refractivity contribution >= 4 is 10.0 Å². The van der Waals surface area contributed by atoms with Gasteiger partial charge >= 0.3 is 0 Å². The van der Waals surface area contributed by atoms with Crippen molar-refractivity contribution in [2.45, 2.75) is 18.7 Å². The summed E-state index contributed by atoms with van der Waals surface area (Å²) in [5, 5.41) is 0. The average Bonchev–Trinajstić information content (AvgIpc) is 2.62. The smallest absolute Gasteiger partial charge is 0.212 e. The number of rotatable bonds is 6. The molecule has 0 fully saturated rings. The number of hydrogen-bond donors (Lipinski definition) is 1. The van der Waals surface area contributed by atoms with Crippen molar-refractivity contribution in [2.75, 3.05) is 0 Å². The van der Waals surface area contributed by atoms with E-state index >= 15 is 0 Å². The fourth-order valence-corrected chi connectivity index (χ4v) is 4.22. The number of aryl methyl sites for hydroxylation is 1. The number of nitrogens with one attached hydrogen (secondary N) is 1. The van der Waals surface area contributed by atoms with Crippen LogP contribution in [0.3, 0.4) is 0 Å². The Morgan fingerprint density at radius 2 is 1.36 bits per heavy atom. The molecule has 3 aromatic carbocycles. The van der Waals surface area contributed by atoms with Crippen LogP contribution in [-0.2, 0) is 15.8 Å². The van der Waals surface area contributed by atoms with Crippen LogP contribution >= 0.6 is 0 Å². The predicted octanol–water partition coefficient (Wildman–Crippen LogP) is 4.20. The number of sulfonamides is 1. The first kappa shape index (κ1) is 17.4. The van der Waals surface area contributed by atoms with Crippen LogP contribution in [0.25, 0.3) is 0 Å². The van der Waals surface area contributed by atoms with Gasteiger partial charge in [0.1, 0.15) is 0 Å². The van der Waals surface area contributed by atoms with E-state index in [1.165, 1.54) is 0 Å². The zero-order chi connectivity index (χ0) is 17.7. The minimum atomic E-state index is -3.50. The van der Waals surface area contributed by atoms with Crippen LogP contribution in [0.4, 0.5) is 0 Å². The van der Waals surface area contributed by atoms with Crippen molar-refractivity contribution in [2.24, 2.45) is 0 Å². The van der Waals surface area contributed by atoms with Gasteiger partial charge in [-0.15, -0.1) is 0 Å². The first-order chi connectivity index (χ1) is 12.1. The lowest BCUT2D eigenvalue weighted by atomic mass is 9.96. The molecule has 0 aliphatic rings. The quantitative estimate of drug-likeness (QED) is 0.723. The van der Waals surface area contributed by atoms with E-state index in [4.69, 9.17) is 0 Å². The van der Waals surface area contributed by atoms with E-state index in [1.807, 2.05) is 91.9 Å². The third-order valence-electron chi connectivity index (χ3n) is 4.13. The summed E-state index contributed by atoms with van der Waals surface area (Å²) in [6.07, 6.45) is 0. The molecule has 0 aromatic heterocycles. The Kier molecular flexibility index (Phi) is 5.31. The van der Waals surface area contributed by atoms with Crippen molar-refractivity contribution in [1.29, 1.82) is 0 Å². The Hall–Kier alpha value is -2.43. The van der Waals surface area contributed by atoms with Gasteiger partial charge in [-0.05, 0) is 29.2 Å². The molecule has 1 atom stereocenters. The van der Waals surface area contributed by atoms with Crippen LogP contribution < -0.4 is 4.72 Å². The Balaban J connectivity index is 1.94. The van der Waals surface area contributed by atoms with Crippen LogP contribution in [0.5, 0.6) is 0 Å². The van der Waals surface area contributed by atoms with Gasteiger partial charge in [-0.3, -0.25) is 0 Å². The largest absolute Gasteiger partial charge is 0.216 e. The molecular weight excluding hydrogens is 330 g/mol. The van der Waals surface area contributed by atoms with Crippen molar-refractivity contribution in [3.8, 4) is 0 Å². The van der Waals surface area contributed by atoms with E-state index in [0.29, 0.717) is 0 Å². The van der Waals surface area contributed by atoms with E-state index in [2.05, 4.69) is 4.72 Å². The first-order valence-corrected chi connectivity index (χ1v) is 9.85. The molecule has 1 unspecified atom stereocenters. The fourth-order valence-electron chi connectivity index (χ4n) is 2.88. The maximum atomic E-state index is 12.8. The van der Waals surface area contributed by atoms with Crippen molar-refractivity contribution in [1.82, 2.24) is 4.72 Å². The highest BCUT2D eigenvalue weighted by Crippen LogP contribution is 2.26. The summed E-state index contributed by atoms with van der Waals surface area (Å²) in [5.74, 6) is -0.0386. The minimum absolute atomic E-state index is 0.0386. The highest BCUT2D eigenvalue weighted by Gasteiger charge is 2.22. The zero-order valence-electron chi connectivity index (χ0n) is 14.1. The third-order valence-corrected chi connectivity index (χ3v) is 5.44. The third kappa shape index (κ3) is 4.56. The Bertz CT molecular complexity index is 922. The summed E-state index contributed by atoms with van der Waals surface area (Å²) in [6, 6.07) is 26.3. The Morgan fingerprint density at radius 1 is 0.800 bits per heavy atom. The maximum Gasteiger partial charge on any atom is 0.216 e. The highest BCUT2D eigenvalue weighted by molar-refractivity contribution is 7.88. The second-order valence-electron chi connectivity index (χ2n) is 6.06. The molecule has 0 radical (unpaired) electrons. The van der Waals surface area contributed by atoms with Gasteiger partial charge in [0.05, 0.1) is 11.8 Å². The maximum absolute atomic E-state index is 12.8. The Morgan fingerprint density at radius 3 is 2.00 bits per heavy atom. The molecule has 0 amide bonds. The van der Waals surface area contributed by atoms with E-state index in [-0.39, 0.29) is 5.75 Å². The molecule has 3 nitrogen and oxygen atoms in total. The van der Waals surface area contributed by atoms with Crippen molar-refractivity contribution < 1.29 is 8.42 Å². The van der Waals surface area contributed by atoms with E-state index < -0.39 is 16.1 Å². The number of hydrogen-bond acceptors (Lipinski definition) is 2. The normalized spacial score (nSPS) is 12.7. The van der Waals surface area contributed by atoms with Gasteiger partial charge in [-0.2, -0.15) is 0 Å². The van der Waals surface area contributed by atoms with Crippen LogP contribution in [0.1, 0.15) is 28.3 Å². The summed E-state index contributed by atoms with van der Waals surface area (Å²) in [5.41, 5.74) is 3.71. The molecule has 0 bridgehead atoms. The van der Waals surface area contributed by atoms with Gasteiger partial charge in [0.15, 0.2) is 0 Å². The molecular formula is C21H21NO2S. The van der Waals surface area contributed by atoms with Gasteiger partial charge < -0.3 is 0 Å². The van der Waals surface area contributed by atoms with Crippen LogP contribution in [0.2, 0.25) is 0 Å².